The highest BCUT2D eigenvalue weighted by Gasteiger charge is 2.52. The third-order valence-corrected chi connectivity index (χ3v) is 4.78. The van der Waals surface area contributed by atoms with E-state index in [-0.39, 0.29) is 11.9 Å². The van der Waals surface area contributed by atoms with Gasteiger partial charge >= 0.3 is 13.1 Å². The molecule has 0 bridgehead atoms. The normalized spacial score (nSPS) is 18.5. The predicted molar refractivity (Wildman–Crippen MR) is 101 cm³/mol. The van der Waals surface area contributed by atoms with Crippen LogP contribution in [0.3, 0.4) is 0 Å². The minimum atomic E-state index is -0.563. The molecule has 1 aromatic rings. The van der Waals surface area contributed by atoms with Gasteiger partial charge in [0.1, 0.15) is 0 Å². The smallest absolute Gasteiger partial charge is 0.465 e. The molecule has 1 N–H and O–H groups in total. The number of methoxy groups -OCH3 is 1. The molecule has 0 unspecified atom stereocenters. The van der Waals surface area contributed by atoms with Crippen LogP contribution in [0, 0.1) is 0 Å². The average Bonchev–Trinajstić information content (AvgIpc) is 2.78. The van der Waals surface area contributed by atoms with E-state index in [0.29, 0.717) is 12.1 Å². The number of esters is 1. The van der Waals surface area contributed by atoms with Crippen LogP contribution in [0.4, 0.5) is 0 Å². The number of benzene rings is 1. The SMILES string of the molecule is COC(=O)c1ccc(C=C(CNC(C)=O)B2OC(C)(C)C(C)(C)O2)cc1. The van der Waals surface area contributed by atoms with Gasteiger partial charge in [0.15, 0.2) is 0 Å². The van der Waals surface area contributed by atoms with Gasteiger partial charge in [0.25, 0.3) is 0 Å². The van der Waals surface area contributed by atoms with Crippen LogP contribution in [0.5, 0.6) is 0 Å². The quantitative estimate of drug-likeness (QED) is 0.646. The van der Waals surface area contributed by atoms with Crippen LogP contribution < -0.4 is 5.32 Å². The molecule has 26 heavy (non-hydrogen) atoms. The van der Waals surface area contributed by atoms with Gasteiger partial charge in [0, 0.05) is 13.5 Å². The highest BCUT2D eigenvalue weighted by molar-refractivity contribution is 6.56. The maximum Gasteiger partial charge on any atom is 0.492 e. The second-order valence-electron chi connectivity index (χ2n) is 7.33. The van der Waals surface area contributed by atoms with Gasteiger partial charge in [-0.3, -0.25) is 4.79 Å². The molecule has 6 nitrogen and oxygen atoms in total. The zero-order chi connectivity index (χ0) is 19.5. The molecule has 1 aromatic carbocycles. The second kappa shape index (κ2) is 7.64. The van der Waals surface area contributed by atoms with Gasteiger partial charge in [-0.1, -0.05) is 18.2 Å². The lowest BCUT2D eigenvalue weighted by molar-refractivity contribution is -0.118. The van der Waals surface area contributed by atoms with E-state index in [1.165, 1.54) is 14.0 Å². The van der Waals surface area contributed by atoms with E-state index in [1.807, 2.05) is 45.9 Å². The molecule has 2 rings (SSSR count). The molecular weight excluding hydrogens is 333 g/mol. The molecule has 1 heterocycles. The molecule has 1 fully saturated rings. The highest BCUT2D eigenvalue weighted by Crippen LogP contribution is 2.38. The van der Waals surface area contributed by atoms with Gasteiger partial charge < -0.3 is 19.4 Å². The molecule has 0 aromatic heterocycles. The van der Waals surface area contributed by atoms with Crippen molar-refractivity contribution < 1.29 is 23.6 Å². The molecule has 0 spiro atoms. The number of nitrogens with one attached hydrogen (secondary N) is 1. The van der Waals surface area contributed by atoms with Crippen LogP contribution >= 0.6 is 0 Å². The number of hydrogen-bond donors (Lipinski definition) is 1. The Hall–Kier alpha value is -2.12. The number of carbonyl (C=O) groups excluding carboxylic acids is 2. The standard InChI is InChI=1S/C19H26BNO5/c1-13(22)21-12-16(20-25-18(2,3)19(4,5)26-20)11-14-7-9-15(10-8-14)17(23)24-6/h7-11H,12H2,1-6H3,(H,21,22). The Morgan fingerprint density at radius 2 is 1.65 bits per heavy atom. The summed E-state index contributed by atoms with van der Waals surface area (Å²) >= 11 is 0. The van der Waals surface area contributed by atoms with E-state index < -0.39 is 18.3 Å². The van der Waals surface area contributed by atoms with Crippen molar-refractivity contribution in [3.05, 3.63) is 40.9 Å². The van der Waals surface area contributed by atoms with Crippen molar-refractivity contribution in [1.29, 1.82) is 0 Å². The number of carbonyl (C=O) groups is 2. The van der Waals surface area contributed by atoms with E-state index >= 15 is 0 Å². The summed E-state index contributed by atoms with van der Waals surface area (Å²) in [5, 5.41) is 2.79. The summed E-state index contributed by atoms with van der Waals surface area (Å²) in [7, 11) is 0.784. The third-order valence-electron chi connectivity index (χ3n) is 4.78. The van der Waals surface area contributed by atoms with Gasteiger partial charge in [0.2, 0.25) is 5.91 Å². The molecule has 0 atom stereocenters. The first-order chi connectivity index (χ1) is 12.1. The van der Waals surface area contributed by atoms with Crippen molar-refractivity contribution in [3.63, 3.8) is 0 Å². The van der Waals surface area contributed by atoms with Crippen LogP contribution in [0.15, 0.2) is 29.7 Å². The number of hydrogen-bond acceptors (Lipinski definition) is 5. The predicted octanol–water partition coefficient (Wildman–Crippen LogP) is 2.62. The molecule has 140 valence electrons. The molecule has 0 saturated carbocycles. The first-order valence-electron chi connectivity index (χ1n) is 8.54. The summed E-state index contributed by atoms with van der Waals surface area (Å²) < 4.78 is 16.9. The van der Waals surface area contributed by atoms with Crippen LogP contribution in [0.25, 0.3) is 6.08 Å². The van der Waals surface area contributed by atoms with E-state index in [9.17, 15) is 9.59 Å². The topological polar surface area (TPSA) is 73.9 Å². The van der Waals surface area contributed by atoms with Crippen LogP contribution in [-0.2, 0) is 18.8 Å². The Morgan fingerprint density at radius 1 is 1.12 bits per heavy atom. The second-order valence-corrected chi connectivity index (χ2v) is 7.33. The first-order valence-corrected chi connectivity index (χ1v) is 8.54. The maximum atomic E-state index is 11.6. The largest absolute Gasteiger partial charge is 0.492 e. The van der Waals surface area contributed by atoms with Crippen molar-refractivity contribution in [3.8, 4) is 0 Å². The Balaban J connectivity index is 2.28. The maximum absolute atomic E-state index is 11.6. The van der Waals surface area contributed by atoms with Gasteiger partial charge in [-0.05, 0) is 50.9 Å². The van der Waals surface area contributed by atoms with Gasteiger partial charge in [-0.25, -0.2) is 4.79 Å². The number of rotatable bonds is 5. The van der Waals surface area contributed by atoms with Crippen molar-refractivity contribution in [2.75, 3.05) is 13.7 Å². The van der Waals surface area contributed by atoms with Crippen LogP contribution in [-0.4, -0.2) is 43.9 Å². The molecule has 1 aliphatic heterocycles. The van der Waals surface area contributed by atoms with Crippen LogP contribution in [0.2, 0.25) is 0 Å². The van der Waals surface area contributed by atoms with Gasteiger partial charge in [-0.15, -0.1) is 0 Å². The van der Waals surface area contributed by atoms with Gasteiger partial charge in [0.05, 0.1) is 23.9 Å². The summed E-state index contributed by atoms with van der Waals surface area (Å²) in [6, 6.07) is 7.01. The van der Waals surface area contributed by atoms with Crippen molar-refractivity contribution in [1.82, 2.24) is 5.32 Å². The Morgan fingerprint density at radius 3 is 2.12 bits per heavy atom. The molecule has 0 aliphatic carbocycles. The summed E-state index contributed by atoms with van der Waals surface area (Å²) in [5.74, 6) is -0.515. The fourth-order valence-corrected chi connectivity index (χ4v) is 2.47. The minimum absolute atomic E-state index is 0.131. The molecular formula is C19H26BNO5. The Bertz CT molecular complexity index is 693. The first kappa shape index (κ1) is 20.2. The lowest BCUT2D eigenvalue weighted by atomic mass is 9.77. The van der Waals surface area contributed by atoms with E-state index in [2.05, 4.69) is 5.32 Å². The lowest BCUT2D eigenvalue weighted by Crippen LogP contribution is -2.41. The van der Waals surface area contributed by atoms with Crippen molar-refractivity contribution >= 4 is 25.1 Å². The van der Waals surface area contributed by atoms with E-state index in [0.717, 1.165) is 11.0 Å². The summed E-state index contributed by atoms with van der Waals surface area (Å²) in [6.07, 6.45) is 1.90. The van der Waals surface area contributed by atoms with Crippen LogP contribution in [0.1, 0.15) is 50.5 Å². The molecule has 1 saturated heterocycles. The molecule has 1 amide bonds. The van der Waals surface area contributed by atoms with E-state index in [1.54, 1.807) is 12.1 Å². The zero-order valence-electron chi connectivity index (χ0n) is 16.2. The van der Waals surface area contributed by atoms with Gasteiger partial charge in [-0.2, -0.15) is 0 Å². The summed E-state index contributed by atoms with van der Waals surface area (Å²) in [6.45, 7) is 9.70. The molecule has 1 aliphatic rings. The average molecular weight is 359 g/mol. The Kier molecular flexibility index (Phi) is 5.93. The monoisotopic (exact) mass is 359 g/mol. The molecule has 7 heteroatoms. The molecule has 0 radical (unpaired) electrons. The van der Waals surface area contributed by atoms with Crippen molar-refractivity contribution in [2.24, 2.45) is 0 Å². The van der Waals surface area contributed by atoms with Crippen molar-refractivity contribution in [2.45, 2.75) is 45.8 Å². The highest BCUT2D eigenvalue weighted by atomic mass is 16.7. The third kappa shape index (κ3) is 4.53. The Labute approximate surface area is 155 Å². The number of ether oxygens (including phenoxy) is 1. The number of amides is 1. The fraction of sp³-hybridized carbons (Fsp3) is 0.474. The lowest BCUT2D eigenvalue weighted by Gasteiger charge is -2.32. The van der Waals surface area contributed by atoms with E-state index in [4.69, 9.17) is 14.0 Å². The fourth-order valence-electron chi connectivity index (χ4n) is 2.47. The summed E-state index contributed by atoms with van der Waals surface area (Å²) in [4.78, 5) is 22.9. The zero-order valence-corrected chi connectivity index (χ0v) is 16.2. The summed E-state index contributed by atoms with van der Waals surface area (Å²) in [5.41, 5.74) is 1.20. The minimum Gasteiger partial charge on any atom is -0.465 e.